The molecular weight excluding hydrogens is 623 g/mol. The molecule has 0 bridgehead atoms. The first-order valence-electron chi connectivity index (χ1n) is 15.4. The number of methoxy groups -OCH3 is 1. The van der Waals surface area contributed by atoms with Crippen LogP contribution >= 0.6 is 0 Å². The van der Waals surface area contributed by atoms with Crippen LogP contribution in [0.1, 0.15) is 46.8 Å². The fraction of sp³-hybridized carbons (Fsp3) is 0.243. The summed E-state index contributed by atoms with van der Waals surface area (Å²) in [6, 6.07) is 28.7. The van der Waals surface area contributed by atoms with Crippen LogP contribution in [0.5, 0.6) is 11.5 Å². The van der Waals surface area contributed by atoms with Gasteiger partial charge in [0.25, 0.3) is 5.91 Å². The lowest BCUT2D eigenvalue weighted by atomic mass is 9.84. The number of hydrogen-bond donors (Lipinski definition) is 3. The molecule has 1 heterocycles. The van der Waals surface area contributed by atoms with Gasteiger partial charge in [-0.1, -0.05) is 66.7 Å². The van der Waals surface area contributed by atoms with Gasteiger partial charge in [-0.05, 0) is 65.2 Å². The summed E-state index contributed by atoms with van der Waals surface area (Å²) in [7, 11) is 1.55. The number of ether oxygens (including phenoxy) is 3. The largest absolute Gasteiger partial charge is 0.497 e. The molecule has 1 aliphatic rings. The Hall–Kier alpha value is -5.13. The molecule has 11 heteroatoms. The molecule has 0 radical (unpaired) electrons. The third kappa shape index (κ3) is 8.41. The summed E-state index contributed by atoms with van der Waals surface area (Å²) in [5.74, 6) is 0.926. The molecule has 5 rings (SSSR count). The Labute approximate surface area is 276 Å². The van der Waals surface area contributed by atoms with Gasteiger partial charge in [0.05, 0.1) is 19.3 Å². The average Bonchev–Trinajstić information content (AvgIpc) is 3.50. The van der Waals surface area contributed by atoms with Gasteiger partial charge in [0, 0.05) is 31.6 Å². The van der Waals surface area contributed by atoms with Crippen LogP contribution in [-0.4, -0.2) is 42.8 Å². The quantitative estimate of drug-likeness (QED) is 0.104. The van der Waals surface area contributed by atoms with Gasteiger partial charge in [-0.2, -0.15) is 13.2 Å². The number of halogens is 3. The van der Waals surface area contributed by atoms with Gasteiger partial charge in [-0.3, -0.25) is 10.2 Å². The van der Waals surface area contributed by atoms with E-state index in [1.807, 2.05) is 48.6 Å². The van der Waals surface area contributed by atoms with Crippen molar-refractivity contribution in [2.75, 3.05) is 20.3 Å². The number of hydrogen-bond acceptors (Lipinski definition) is 7. The van der Waals surface area contributed by atoms with Crippen LogP contribution in [0, 0.1) is 0 Å². The number of nitrogens with one attached hydrogen (secondary N) is 2. The van der Waals surface area contributed by atoms with Crippen LogP contribution in [0.3, 0.4) is 0 Å². The fourth-order valence-electron chi connectivity index (χ4n) is 5.20. The van der Waals surface area contributed by atoms with Crippen molar-refractivity contribution in [3.8, 4) is 11.5 Å². The van der Waals surface area contributed by atoms with Crippen LogP contribution in [0.2, 0.25) is 0 Å². The van der Waals surface area contributed by atoms with Gasteiger partial charge in [-0.25, -0.2) is 10.4 Å². The molecule has 0 saturated heterocycles. The number of amides is 1. The smallest absolute Gasteiger partial charge is 0.416 e. The molecule has 1 aliphatic heterocycles. The zero-order chi connectivity index (χ0) is 34.0. The highest BCUT2D eigenvalue weighted by Gasteiger charge is 2.52. The molecule has 4 aromatic carbocycles. The van der Waals surface area contributed by atoms with Crippen molar-refractivity contribution in [2.45, 2.75) is 37.2 Å². The van der Waals surface area contributed by atoms with Crippen LogP contribution in [0.25, 0.3) is 6.08 Å². The molecule has 250 valence electrons. The summed E-state index contributed by atoms with van der Waals surface area (Å²) in [5.41, 5.74) is 6.10. The second-order valence-electron chi connectivity index (χ2n) is 11.1. The molecule has 4 aromatic rings. The van der Waals surface area contributed by atoms with Crippen LogP contribution in [0.4, 0.5) is 13.2 Å². The second kappa shape index (κ2) is 15.6. The van der Waals surface area contributed by atoms with Crippen LogP contribution in [0.15, 0.2) is 114 Å². The van der Waals surface area contributed by atoms with Crippen molar-refractivity contribution in [2.24, 2.45) is 4.99 Å². The number of benzene rings is 4. The summed E-state index contributed by atoms with van der Waals surface area (Å²) in [6.45, 7) is 0.455. The van der Waals surface area contributed by atoms with E-state index in [4.69, 9.17) is 24.3 Å². The van der Waals surface area contributed by atoms with Crippen molar-refractivity contribution in [3.63, 3.8) is 0 Å². The maximum absolute atomic E-state index is 14.3. The lowest BCUT2D eigenvalue weighted by molar-refractivity contribution is -0.137. The second-order valence-corrected chi connectivity index (χ2v) is 11.1. The number of aliphatic hydroxyl groups excluding tert-OH is 1. The maximum atomic E-state index is 14.3. The first-order chi connectivity index (χ1) is 23.2. The third-order valence-electron chi connectivity index (χ3n) is 7.74. The molecule has 0 saturated carbocycles. The first kappa shape index (κ1) is 34.2. The third-order valence-corrected chi connectivity index (χ3v) is 7.74. The average molecular weight is 660 g/mol. The molecular formula is C37H36F3N3O5. The SMILES string of the molecule is COc1cccc([C@@H]2OC(c3ccc(OCCCO)cc3)=N[C@]2(C/C=C/c2ccccc2)C(=O)NNCc2ccc(C(F)(F)F)cc2)c1. The predicted octanol–water partition coefficient (Wildman–Crippen LogP) is 6.66. The Bertz CT molecular complexity index is 1710. The van der Waals surface area contributed by atoms with Gasteiger partial charge in [0.1, 0.15) is 11.5 Å². The molecule has 0 aromatic heterocycles. The van der Waals surface area contributed by atoms with E-state index in [1.165, 1.54) is 12.1 Å². The van der Waals surface area contributed by atoms with E-state index in [-0.39, 0.29) is 25.5 Å². The topological polar surface area (TPSA) is 101 Å². The lowest BCUT2D eigenvalue weighted by Crippen LogP contribution is -2.52. The molecule has 1 amide bonds. The molecule has 3 N–H and O–H groups in total. The Balaban J connectivity index is 1.47. The van der Waals surface area contributed by atoms with E-state index in [2.05, 4.69) is 10.9 Å². The molecule has 0 unspecified atom stereocenters. The minimum Gasteiger partial charge on any atom is -0.497 e. The van der Waals surface area contributed by atoms with Gasteiger partial charge >= 0.3 is 6.18 Å². The van der Waals surface area contributed by atoms with Crippen molar-refractivity contribution < 1.29 is 37.3 Å². The van der Waals surface area contributed by atoms with E-state index in [0.717, 1.165) is 17.7 Å². The number of aliphatic imine (C=N–C) groups is 1. The number of hydrazine groups is 1. The molecule has 2 atom stereocenters. The van der Waals surface area contributed by atoms with Crippen molar-refractivity contribution in [1.29, 1.82) is 0 Å². The highest BCUT2D eigenvalue weighted by molar-refractivity contribution is 6.01. The van der Waals surface area contributed by atoms with E-state index < -0.39 is 29.3 Å². The first-order valence-corrected chi connectivity index (χ1v) is 15.4. The molecule has 8 nitrogen and oxygen atoms in total. The van der Waals surface area contributed by atoms with E-state index >= 15 is 0 Å². The summed E-state index contributed by atoms with van der Waals surface area (Å²) in [4.78, 5) is 19.2. The minimum atomic E-state index is -4.44. The Morgan fingerprint density at radius 1 is 0.979 bits per heavy atom. The van der Waals surface area contributed by atoms with Gasteiger partial charge < -0.3 is 19.3 Å². The number of aliphatic hydroxyl groups is 1. The van der Waals surface area contributed by atoms with E-state index in [1.54, 1.807) is 49.6 Å². The predicted molar refractivity (Wildman–Crippen MR) is 176 cm³/mol. The monoisotopic (exact) mass is 659 g/mol. The van der Waals surface area contributed by atoms with Crippen molar-refractivity contribution >= 4 is 17.9 Å². The zero-order valence-electron chi connectivity index (χ0n) is 26.2. The minimum absolute atomic E-state index is 0.0243. The standard InChI is InChI=1S/C37H36F3N3O5/c1-46-32-12-5-11-29(24-32)33-36(21-6-10-26-8-3-2-4-9-26,35(45)43-41-25-27-13-17-30(18-14-27)37(38,39)40)42-34(48-33)28-15-19-31(20-16-28)47-23-7-22-44/h2-6,8-20,24,33,41,44H,7,21-23,25H2,1H3,(H,43,45)/b10-6+/t33-,36-/m0/s1. The number of carbonyl (C=O) groups excluding carboxylic acids is 1. The summed E-state index contributed by atoms with van der Waals surface area (Å²) < 4.78 is 56.8. The zero-order valence-corrected chi connectivity index (χ0v) is 26.2. The number of rotatable bonds is 14. The van der Waals surface area contributed by atoms with Crippen LogP contribution in [-0.2, 0) is 22.3 Å². The summed E-state index contributed by atoms with van der Waals surface area (Å²) in [5, 5.41) is 9.05. The molecule has 0 aliphatic carbocycles. The van der Waals surface area contributed by atoms with Gasteiger partial charge in [-0.15, -0.1) is 0 Å². The van der Waals surface area contributed by atoms with Crippen LogP contribution < -0.4 is 20.3 Å². The molecule has 48 heavy (non-hydrogen) atoms. The normalized spacial score (nSPS) is 17.5. The highest BCUT2D eigenvalue weighted by Crippen LogP contribution is 2.43. The summed E-state index contributed by atoms with van der Waals surface area (Å²) >= 11 is 0. The van der Waals surface area contributed by atoms with Gasteiger partial charge in [0.2, 0.25) is 5.90 Å². The van der Waals surface area contributed by atoms with Crippen molar-refractivity contribution in [3.05, 3.63) is 137 Å². The summed E-state index contributed by atoms with van der Waals surface area (Å²) in [6.07, 6.45) is -0.910. The van der Waals surface area contributed by atoms with Crippen molar-refractivity contribution in [1.82, 2.24) is 10.9 Å². The number of carbonyl (C=O) groups is 1. The van der Waals surface area contributed by atoms with Gasteiger partial charge in [0.15, 0.2) is 11.6 Å². The Morgan fingerprint density at radius 3 is 2.42 bits per heavy atom. The highest BCUT2D eigenvalue weighted by atomic mass is 19.4. The Morgan fingerprint density at radius 2 is 1.73 bits per heavy atom. The van der Waals surface area contributed by atoms with E-state index in [9.17, 15) is 18.0 Å². The maximum Gasteiger partial charge on any atom is 0.416 e. The molecule has 0 spiro atoms. The number of nitrogens with zero attached hydrogens (tertiary/aromatic N) is 1. The Kier molecular flexibility index (Phi) is 11.1. The van der Waals surface area contributed by atoms with E-state index in [0.29, 0.717) is 41.2 Å². The fourth-order valence-corrected chi connectivity index (χ4v) is 5.20. The lowest BCUT2D eigenvalue weighted by Gasteiger charge is -2.30. The number of alkyl halides is 3. The molecule has 0 fully saturated rings.